The molecular formula is C10H6ClF3N2OS. The third-order valence-corrected chi connectivity index (χ3v) is 3.05. The van der Waals surface area contributed by atoms with Crippen LogP contribution in [0.4, 0.5) is 13.2 Å². The Balaban J connectivity index is 2.17. The summed E-state index contributed by atoms with van der Waals surface area (Å²) in [5.74, 6) is -0.255. The lowest BCUT2D eigenvalue weighted by Gasteiger charge is -2.12. The molecule has 96 valence electrons. The van der Waals surface area contributed by atoms with Crippen LogP contribution in [-0.2, 0) is 12.8 Å². The van der Waals surface area contributed by atoms with Crippen LogP contribution in [0.2, 0.25) is 4.34 Å². The molecule has 0 saturated carbocycles. The van der Waals surface area contributed by atoms with Gasteiger partial charge in [-0.05, 0) is 12.1 Å². The van der Waals surface area contributed by atoms with Crippen LogP contribution in [0.3, 0.4) is 0 Å². The summed E-state index contributed by atoms with van der Waals surface area (Å²) in [7, 11) is 0. The van der Waals surface area contributed by atoms with Crippen molar-refractivity contribution in [2.45, 2.75) is 12.8 Å². The summed E-state index contributed by atoms with van der Waals surface area (Å²) in [5, 5.41) is 3.65. The second-order valence-electron chi connectivity index (χ2n) is 3.28. The van der Waals surface area contributed by atoms with Gasteiger partial charge in [-0.2, -0.15) is 13.2 Å². The van der Waals surface area contributed by atoms with Gasteiger partial charge in [0.1, 0.15) is 22.4 Å². The van der Waals surface area contributed by atoms with E-state index in [1.54, 1.807) is 0 Å². The Morgan fingerprint density at radius 2 is 2.00 bits per heavy atom. The van der Waals surface area contributed by atoms with Crippen molar-refractivity contribution in [3.63, 3.8) is 0 Å². The third-order valence-electron chi connectivity index (χ3n) is 2.07. The van der Waals surface area contributed by atoms with Gasteiger partial charge in [0.25, 0.3) is 0 Å². The zero-order valence-electron chi connectivity index (χ0n) is 8.74. The molecule has 1 aromatic heterocycles. The molecule has 1 heterocycles. The number of para-hydroxylation sites is 1. The summed E-state index contributed by atoms with van der Waals surface area (Å²) < 4.78 is 46.9. The second kappa shape index (κ2) is 5.11. The number of rotatable bonds is 3. The number of aromatic nitrogens is 2. The van der Waals surface area contributed by atoms with Gasteiger partial charge in [-0.3, -0.25) is 0 Å². The van der Waals surface area contributed by atoms with Crippen LogP contribution in [0.1, 0.15) is 11.3 Å². The molecule has 0 N–H and O–H groups in total. The highest BCUT2D eigenvalue weighted by atomic mass is 35.5. The van der Waals surface area contributed by atoms with Crippen molar-refractivity contribution in [2.24, 2.45) is 0 Å². The van der Waals surface area contributed by atoms with E-state index in [2.05, 4.69) is 9.59 Å². The second-order valence-corrected chi connectivity index (χ2v) is 4.63. The highest BCUT2D eigenvalue weighted by molar-refractivity contribution is 7.10. The van der Waals surface area contributed by atoms with Crippen LogP contribution >= 0.6 is 23.1 Å². The topological polar surface area (TPSA) is 35.0 Å². The first-order valence-electron chi connectivity index (χ1n) is 4.74. The fraction of sp³-hybridized carbons (Fsp3) is 0.200. The van der Waals surface area contributed by atoms with Crippen LogP contribution in [-0.4, -0.2) is 9.59 Å². The number of halogens is 4. The minimum absolute atomic E-state index is 0.150. The molecule has 2 aromatic rings. The molecule has 3 nitrogen and oxygen atoms in total. The minimum Gasteiger partial charge on any atom is -0.486 e. The number of hydrogen-bond acceptors (Lipinski definition) is 4. The molecule has 0 spiro atoms. The molecule has 1 aromatic carbocycles. The Bertz CT molecular complexity index is 544. The molecule has 0 unspecified atom stereocenters. The first-order chi connectivity index (χ1) is 8.48. The first kappa shape index (κ1) is 13.1. The molecule has 0 radical (unpaired) electrons. The van der Waals surface area contributed by atoms with Crippen molar-refractivity contribution in [3.05, 3.63) is 39.9 Å². The van der Waals surface area contributed by atoms with E-state index in [1.165, 1.54) is 18.2 Å². The van der Waals surface area contributed by atoms with E-state index < -0.39 is 11.7 Å². The average molecular weight is 295 g/mol. The van der Waals surface area contributed by atoms with E-state index in [0.717, 1.165) is 17.6 Å². The maximum Gasteiger partial charge on any atom is 0.419 e. The fourth-order valence-corrected chi connectivity index (χ4v) is 1.86. The molecule has 0 aliphatic heterocycles. The molecule has 0 fully saturated rings. The van der Waals surface area contributed by atoms with Gasteiger partial charge in [-0.1, -0.05) is 28.2 Å². The molecular weight excluding hydrogens is 289 g/mol. The molecule has 8 heteroatoms. The van der Waals surface area contributed by atoms with Crippen LogP contribution in [0.5, 0.6) is 5.75 Å². The standard InChI is InChI=1S/C10H6ClF3N2OS/c11-9-7(15-16-18-9)5-17-8-4-2-1-3-6(8)10(12,13)14/h1-4H,5H2. The van der Waals surface area contributed by atoms with Crippen molar-refractivity contribution in [2.75, 3.05) is 0 Å². The number of nitrogens with zero attached hydrogens (tertiary/aromatic N) is 2. The predicted molar refractivity (Wildman–Crippen MR) is 60.7 cm³/mol. The molecule has 0 aliphatic carbocycles. The van der Waals surface area contributed by atoms with Crippen LogP contribution in [0.15, 0.2) is 24.3 Å². The lowest BCUT2D eigenvalue weighted by Crippen LogP contribution is -2.08. The van der Waals surface area contributed by atoms with Gasteiger partial charge in [0.05, 0.1) is 5.56 Å². The quantitative estimate of drug-likeness (QED) is 0.864. The number of benzene rings is 1. The monoisotopic (exact) mass is 294 g/mol. The molecule has 0 bridgehead atoms. The highest BCUT2D eigenvalue weighted by Gasteiger charge is 2.34. The Morgan fingerprint density at radius 1 is 1.28 bits per heavy atom. The predicted octanol–water partition coefficient (Wildman–Crippen LogP) is 3.79. The maximum atomic E-state index is 12.7. The van der Waals surface area contributed by atoms with Crippen molar-refractivity contribution < 1.29 is 17.9 Å². The average Bonchev–Trinajstić information content (AvgIpc) is 2.71. The summed E-state index contributed by atoms with van der Waals surface area (Å²) in [4.78, 5) is 0. The van der Waals surface area contributed by atoms with Gasteiger partial charge in [0, 0.05) is 11.5 Å². The lowest BCUT2D eigenvalue weighted by molar-refractivity contribution is -0.139. The highest BCUT2D eigenvalue weighted by Crippen LogP contribution is 2.36. The summed E-state index contributed by atoms with van der Waals surface area (Å²) in [6.07, 6.45) is -4.46. The van der Waals surface area contributed by atoms with E-state index >= 15 is 0 Å². The van der Waals surface area contributed by atoms with Crippen LogP contribution in [0.25, 0.3) is 0 Å². The zero-order valence-corrected chi connectivity index (χ0v) is 10.3. The van der Waals surface area contributed by atoms with Gasteiger partial charge in [0.2, 0.25) is 0 Å². The van der Waals surface area contributed by atoms with E-state index in [4.69, 9.17) is 16.3 Å². The lowest BCUT2D eigenvalue weighted by atomic mass is 10.2. The van der Waals surface area contributed by atoms with Gasteiger partial charge >= 0.3 is 6.18 Å². The smallest absolute Gasteiger partial charge is 0.419 e. The number of hydrogen-bond donors (Lipinski definition) is 0. The summed E-state index contributed by atoms with van der Waals surface area (Å²) >= 11 is 6.68. The van der Waals surface area contributed by atoms with Gasteiger partial charge in [-0.25, -0.2) is 0 Å². The summed E-state index contributed by atoms with van der Waals surface area (Å²) in [5.41, 5.74) is -0.511. The summed E-state index contributed by atoms with van der Waals surface area (Å²) in [6, 6.07) is 4.96. The molecule has 0 atom stereocenters. The van der Waals surface area contributed by atoms with Gasteiger partial charge in [-0.15, -0.1) is 5.10 Å². The third kappa shape index (κ3) is 2.91. The van der Waals surface area contributed by atoms with Crippen molar-refractivity contribution in [1.29, 1.82) is 0 Å². The Kier molecular flexibility index (Phi) is 3.72. The maximum absolute atomic E-state index is 12.7. The molecule has 0 saturated heterocycles. The van der Waals surface area contributed by atoms with Crippen molar-refractivity contribution in [1.82, 2.24) is 9.59 Å². The molecule has 0 aliphatic rings. The van der Waals surface area contributed by atoms with Gasteiger partial charge in [0.15, 0.2) is 0 Å². The van der Waals surface area contributed by atoms with Gasteiger partial charge < -0.3 is 4.74 Å². The SMILES string of the molecule is FC(F)(F)c1ccccc1OCc1nnsc1Cl. The van der Waals surface area contributed by atoms with Crippen LogP contribution < -0.4 is 4.74 Å². The van der Waals surface area contributed by atoms with E-state index in [0.29, 0.717) is 10.0 Å². The van der Waals surface area contributed by atoms with E-state index in [1.807, 2.05) is 0 Å². The normalized spacial score (nSPS) is 11.6. The Hall–Kier alpha value is -1.34. The van der Waals surface area contributed by atoms with Crippen molar-refractivity contribution in [3.8, 4) is 5.75 Å². The van der Waals surface area contributed by atoms with Crippen LogP contribution in [0, 0.1) is 0 Å². The number of ether oxygens (including phenoxy) is 1. The Labute approximate surface area is 109 Å². The molecule has 18 heavy (non-hydrogen) atoms. The largest absolute Gasteiger partial charge is 0.486 e. The minimum atomic E-state index is -4.46. The fourth-order valence-electron chi connectivity index (χ4n) is 1.26. The molecule has 2 rings (SSSR count). The number of alkyl halides is 3. The Morgan fingerprint density at radius 3 is 2.61 bits per heavy atom. The van der Waals surface area contributed by atoms with E-state index in [-0.39, 0.29) is 12.4 Å². The molecule has 0 amide bonds. The zero-order chi connectivity index (χ0) is 13.2. The first-order valence-corrected chi connectivity index (χ1v) is 5.89. The van der Waals surface area contributed by atoms with E-state index in [9.17, 15) is 13.2 Å². The van der Waals surface area contributed by atoms with Crippen molar-refractivity contribution >= 4 is 23.1 Å². The summed E-state index contributed by atoms with van der Waals surface area (Å²) in [6.45, 7) is -0.150.